The molecular weight excluding hydrogens is 338 g/mol. The first kappa shape index (κ1) is 14.3. The molecule has 100 valence electrons. The highest BCUT2D eigenvalue weighted by atomic mass is 79.9. The van der Waals surface area contributed by atoms with Crippen molar-refractivity contribution in [1.29, 1.82) is 0 Å². The molecule has 0 aromatic heterocycles. The second kappa shape index (κ2) is 5.88. The van der Waals surface area contributed by atoms with Crippen LogP contribution in [0.25, 0.3) is 0 Å². The van der Waals surface area contributed by atoms with Gasteiger partial charge in [0.05, 0.1) is 17.0 Å². The van der Waals surface area contributed by atoms with Crippen LogP contribution in [0.2, 0.25) is 5.02 Å². The van der Waals surface area contributed by atoms with Gasteiger partial charge in [-0.3, -0.25) is 0 Å². The van der Waals surface area contributed by atoms with E-state index in [0.717, 1.165) is 0 Å². The van der Waals surface area contributed by atoms with Crippen molar-refractivity contribution in [2.45, 2.75) is 4.83 Å². The van der Waals surface area contributed by atoms with Crippen molar-refractivity contribution in [2.24, 2.45) is 0 Å². The molecule has 0 aliphatic heterocycles. The van der Waals surface area contributed by atoms with Gasteiger partial charge in [0.2, 0.25) is 0 Å². The zero-order chi connectivity index (χ0) is 14.0. The molecule has 0 heterocycles. The highest BCUT2D eigenvalue weighted by Crippen LogP contribution is 2.38. The van der Waals surface area contributed by atoms with Gasteiger partial charge in [0.1, 0.15) is 17.4 Å². The van der Waals surface area contributed by atoms with E-state index < -0.39 is 16.5 Å². The number of alkyl halides is 1. The Hall–Kier alpha value is -1.13. The smallest absolute Gasteiger partial charge is 0.142 e. The lowest BCUT2D eigenvalue weighted by Crippen LogP contribution is -1.99. The third-order valence-electron chi connectivity index (χ3n) is 2.74. The molecule has 2 aromatic carbocycles. The number of methoxy groups -OCH3 is 1. The SMILES string of the molecule is COc1ccc(C(Br)c2cccc(F)c2Cl)c(F)c1. The zero-order valence-corrected chi connectivity index (χ0v) is 12.3. The first-order valence-electron chi connectivity index (χ1n) is 5.46. The molecule has 5 heteroatoms. The molecule has 0 N–H and O–H groups in total. The molecule has 0 fully saturated rings. The Kier molecular flexibility index (Phi) is 4.42. The Bertz CT molecular complexity index is 604. The van der Waals surface area contributed by atoms with Crippen molar-refractivity contribution < 1.29 is 13.5 Å². The summed E-state index contributed by atoms with van der Waals surface area (Å²) >= 11 is 9.24. The van der Waals surface area contributed by atoms with Gasteiger partial charge in [-0.15, -0.1) is 0 Å². The molecule has 2 rings (SSSR count). The van der Waals surface area contributed by atoms with E-state index in [0.29, 0.717) is 16.9 Å². The van der Waals surface area contributed by atoms with Gasteiger partial charge >= 0.3 is 0 Å². The fraction of sp³-hybridized carbons (Fsp3) is 0.143. The van der Waals surface area contributed by atoms with Gasteiger partial charge in [0, 0.05) is 11.6 Å². The predicted molar refractivity (Wildman–Crippen MR) is 75.1 cm³/mol. The van der Waals surface area contributed by atoms with Crippen LogP contribution in [-0.4, -0.2) is 7.11 Å². The van der Waals surface area contributed by atoms with E-state index in [1.54, 1.807) is 18.2 Å². The Morgan fingerprint density at radius 2 is 1.84 bits per heavy atom. The maximum Gasteiger partial charge on any atom is 0.142 e. The monoisotopic (exact) mass is 346 g/mol. The van der Waals surface area contributed by atoms with E-state index >= 15 is 0 Å². The Balaban J connectivity index is 2.44. The summed E-state index contributed by atoms with van der Waals surface area (Å²) in [6.45, 7) is 0. The second-order valence-corrected chi connectivity index (χ2v) is 5.19. The van der Waals surface area contributed by atoms with Crippen molar-refractivity contribution in [1.82, 2.24) is 0 Å². The fourth-order valence-corrected chi connectivity index (χ4v) is 2.84. The molecule has 1 atom stereocenters. The van der Waals surface area contributed by atoms with Crippen LogP contribution in [0.15, 0.2) is 36.4 Å². The average Bonchev–Trinajstić information content (AvgIpc) is 2.41. The van der Waals surface area contributed by atoms with E-state index in [1.807, 2.05) is 0 Å². The van der Waals surface area contributed by atoms with Gasteiger partial charge in [-0.1, -0.05) is 45.7 Å². The van der Waals surface area contributed by atoms with Crippen molar-refractivity contribution in [3.05, 3.63) is 64.2 Å². The van der Waals surface area contributed by atoms with Gasteiger partial charge in [-0.25, -0.2) is 8.78 Å². The fourth-order valence-electron chi connectivity index (χ4n) is 1.72. The molecule has 0 saturated heterocycles. The number of hydrogen-bond acceptors (Lipinski definition) is 1. The van der Waals surface area contributed by atoms with Crippen molar-refractivity contribution in [3.8, 4) is 5.75 Å². The minimum atomic E-state index is -0.530. The summed E-state index contributed by atoms with van der Waals surface area (Å²) in [5.41, 5.74) is 0.846. The van der Waals surface area contributed by atoms with Crippen molar-refractivity contribution in [2.75, 3.05) is 7.11 Å². The highest BCUT2D eigenvalue weighted by Gasteiger charge is 2.19. The van der Waals surface area contributed by atoms with Crippen LogP contribution in [0.5, 0.6) is 5.75 Å². The summed E-state index contributed by atoms with van der Waals surface area (Å²) in [7, 11) is 1.46. The van der Waals surface area contributed by atoms with Crippen LogP contribution in [0.3, 0.4) is 0 Å². The van der Waals surface area contributed by atoms with Crippen LogP contribution in [0, 0.1) is 11.6 Å². The Morgan fingerprint density at radius 3 is 2.47 bits per heavy atom. The van der Waals surface area contributed by atoms with Crippen LogP contribution >= 0.6 is 27.5 Å². The third kappa shape index (κ3) is 2.90. The molecule has 0 bridgehead atoms. The second-order valence-electron chi connectivity index (χ2n) is 3.89. The largest absolute Gasteiger partial charge is 0.497 e. The predicted octanol–water partition coefficient (Wildman–Crippen LogP) is 5.11. The van der Waals surface area contributed by atoms with E-state index in [-0.39, 0.29) is 5.02 Å². The van der Waals surface area contributed by atoms with E-state index in [2.05, 4.69) is 15.9 Å². The molecule has 1 nitrogen and oxygen atoms in total. The van der Waals surface area contributed by atoms with Gasteiger partial charge in [0.15, 0.2) is 0 Å². The molecule has 0 spiro atoms. The molecule has 0 aliphatic carbocycles. The van der Waals surface area contributed by atoms with Crippen LogP contribution < -0.4 is 4.74 Å². The van der Waals surface area contributed by atoms with Gasteiger partial charge in [0.25, 0.3) is 0 Å². The molecule has 1 unspecified atom stereocenters. The van der Waals surface area contributed by atoms with Gasteiger partial charge in [-0.05, 0) is 17.7 Å². The maximum absolute atomic E-state index is 14.0. The summed E-state index contributed by atoms with van der Waals surface area (Å²) < 4.78 is 32.3. The molecule has 0 saturated carbocycles. The number of halogens is 4. The number of rotatable bonds is 3. The minimum Gasteiger partial charge on any atom is -0.497 e. The van der Waals surface area contributed by atoms with Crippen LogP contribution in [0.4, 0.5) is 8.78 Å². The summed E-state index contributed by atoms with van der Waals surface area (Å²) in [6, 6.07) is 8.93. The van der Waals surface area contributed by atoms with Crippen LogP contribution in [-0.2, 0) is 0 Å². The lowest BCUT2D eigenvalue weighted by Gasteiger charge is -2.14. The van der Waals surface area contributed by atoms with Gasteiger partial charge < -0.3 is 4.74 Å². The summed E-state index contributed by atoms with van der Waals surface area (Å²) in [4.78, 5) is -0.526. The molecule has 0 aliphatic rings. The van der Waals surface area contributed by atoms with Crippen molar-refractivity contribution >= 4 is 27.5 Å². The quantitative estimate of drug-likeness (QED) is 0.701. The maximum atomic E-state index is 14.0. The van der Waals surface area contributed by atoms with Crippen LogP contribution in [0.1, 0.15) is 16.0 Å². The lowest BCUT2D eigenvalue weighted by atomic mass is 10.0. The normalized spacial score (nSPS) is 12.3. The molecule has 0 amide bonds. The number of benzene rings is 2. The molecule has 19 heavy (non-hydrogen) atoms. The standard InChI is InChI=1S/C14H10BrClF2O/c1-19-8-5-6-9(12(18)7-8)13(15)10-3-2-4-11(17)14(10)16/h2-7,13H,1H3. The van der Waals surface area contributed by atoms with E-state index in [4.69, 9.17) is 16.3 Å². The zero-order valence-electron chi connectivity index (χ0n) is 9.96. The number of hydrogen-bond donors (Lipinski definition) is 0. The minimum absolute atomic E-state index is 0.0143. The van der Waals surface area contributed by atoms with E-state index in [1.165, 1.54) is 25.3 Å². The Morgan fingerprint density at radius 1 is 1.11 bits per heavy atom. The topological polar surface area (TPSA) is 9.23 Å². The Labute approximate surface area is 123 Å². The molecule has 2 aromatic rings. The summed E-state index contributed by atoms with van der Waals surface area (Å²) in [5.74, 6) is -0.551. The number of ether oxygens (including phenoxy) is 1. The highest BCUT2D eigenvalue weighted by molar-refractivity contribution is 9.09. The van der Waals surface area contributed by atoms with Crippen molar-refractivity contribution in [3.63, 3.8) is 0 Å². The molecule has 0 radical (unpaired) electrons. The summed E-state index contributed by atoms with van der Waals surface area (Å²) in [6.07, 6.45) is 0. The first-order chi connectivity index (χ1) is 9.04. The first-order valence-corrected chi connectivity index (χ1v) is 6.75. The average molecular weight is 348 g/mol. The summed E-state index contributed by atoms with van der Waals surface area (Å²) in [5, 5.41) is -0.0143. The third-order valence-corrected chi connectivity index (χ3v) is 4.12. The van der Waals surface area contributed by atoms with Gasteiger partial charge in [-0.2, -0.15) is 0 Å². The molecular formula is C14H10BrClF2O. The lowest BCUT2D eigenvalue weighted by molar-refractivity contribution is 0.411. The van der Waals surface area contributed by atoms with E-state index in [9.17, 15) is 8.78 Å².